The molecule has 0 saturated carbocycles. The Morgan fingerprint density at radius 1 is 1.19 bits per heavy atom. The standard InChI is InChI=1S/C14H22N2/c1-2-14(13-7-4-3-5-8-13)16-11-6-9-15-10-12-16/h3-5,7-8,14-15H,2,6,9-12H2,1H3. The summed E-state index contributed by atoms with van der Waals surface area (Å²) in [6.45, 7) is 6.98. The van der Waals surface area contributed by atoms with Crippen molar-refractivity contribution in [1.29, 1.82) is 0 Å². The van der Waals surface area contributed by atoms with E-state index in [9.17, 15) is 0 Å². The molecule has 0 spiro atoms. The topological polar surface area (TPSA) is 15.3 Å². The Labute approximate surface area is 98.7 Å². The minimum atomic E-state index is 0.598. The fourth-order valence-corrected chi connectivity index (χ4v) is 2.56. The molecule has 1 aromatic rings. The Morgan fingerprint density at radius 2 is 2.00 bits per heavy atom. The minimum absolute atomic E-state index is 0.598. The monoisotopic (exact) mass is 218 g/mol. The number of hydrogen-bond donors (Lipinski definition) is 1. The molecule has 1 aliphatic heterocycles. The zero-order chi connectivity index (χ0) is 11.2. The summed E-state index contributed by atoms with van der Waals surface area (Å²) in [6.07, 6.45) is 2.47. The maximum absolute atomic E-state index is 3.47. The van der Waals surface area contributed by atoms with Gasteiger partial charge in [-0.25, -0.2) is 0 Å². The zero-order valence-electron chi connectivity index (χ0n) is 10.2. The number of hydrogen-bond acceptors (Lipinski definition) is 2. The van der Waals surface area contributed by atoms with Gasteiger partial charge in [0.25, 0.3) is 0 Å². The second kappa shape index (κ2) is 6.02. The normalized spacial score (nSPS) is 20.3. The number of nitrogens with one attached hydrogen (secondary N) is 1. The maximum atomic E-state index is 3.47. The summed E-state index contributed by atoms with van der Waals surface area (Å²) >= 11 is 0. The van der Waals surface area contributed by atoms with Crippen LogP contribution in [0.1, 0.15) is 31.4 Å². The molecule has 2 rings (SSSR count). The van der Waals surface area contributed by atoms with Gasteiger partial charge in [0.1, 0.15) is 0 Å². The van der Waals surface area contributed by atoms with Gasteiger partial charge >= 0.3 is 0 Å². The molecule has 1 aromatic carbocycles. The van der Waals surface area contributed by atoms with E-state index >= 15 is 0 Å². The molecule has 2 heteroatoms. The minimum Gasteiger partial charge on any atom is -0.315 e. The number of rotatable bonds is 3. The quantitative estimate of drug-likeness (QED) is 0.838. The Kier molecular flexibility index (Phi) is 4.37. The zero-order valence-corrected chi connectivity index (χ0v) is 10.2. The predicted octanol–water partition coefficient (Wildman–Crippen LogP) is 2.43. The van der Waals surface area contributed by atoms with E-state index in [4.69, 9.17) is 0 Å². The van der Waals surface area contributed by atoms with Gasteiger partial charge in [-0.05, 0) is 24.9 Å². The first-order valence-electron chi connectivity index (χ1n) is 6.41. The summed E-state index contributed by atoms with van der Waals surface area (Å²) in [7, 11) is 0. The molecule has 0 amide bonds. The average Bonchev–Trinajstić information content (AvgIpc) is 2.61. The van der Waals surface area contributed by atoms with Gasteiger partial charge in [-0.3, -0.25) is 4.90 Å². The van der Waals surface area contributed by atoms with Crippen molar-refractivity contribution in [2.24, 2.45) is 0 Å². The highest BCUT2D eigenvalue weighted by atomic mass is 15.2. The van der Waals surface area contributed by atoms with Crippen LogP contribution in [0.3, 0.4) is 0 Å². The number of benzene rings is 1. The Balaban J connectivity index is 2.09. The lowest BCUT2D eigenvalue weighted by Crippen LogP contribution is -2.32. The van der Waals surface area contributed by atoms with Crippen molar-refractivity contribution < 1.29 is 0 Å². The van der Waals surface area contributed by atoms with Gasteiger partial charge < -0.3 is 5.32 Å². The molecule has 2 nitrogen and oxygen atoms in total. The summed E-state index contributed by atoms with van der Waals surface area (Å²) in [5.74, 6) is 0. The number of nitrogens with zero attached hydrogens (tertiary/aromatic N) is 1. The van der Waals surface area contributed by atoms with Crippen molar-refractivity contribution in [1.82, 2.24) is 10.2 Å². The smallest absolute Gasteiger partial charge is 0.0346 e. The molecular weight excluding hydrogens is 196 g/mol. The van der Waals surface area contributed by atoms with Gasteiger partial charge in [0.2, 0.25) is 0 Å². The first-order chi connectivity index (χ1) is 7.92. The van der Waals surface area contributed by atoms with Crippen molar-refractivity contribution in [3.63, 3.8) is 0 Å². The molecule has 1 aliphatic rings. The molecule has 1 saturated heterocycles. The first kappa shape index (κ1) is 11.6. The molecule has 0 bridgehead atoms. The fourth-order valence-electron chi connectivity index (χ4n) is 2.56. The highest BCUT2D eigenvalue weighted by molar-refractivity contribution is 5.19. The van der Waals surface area contributed by atoms with Crippen LogP contribution in [-0.4, -0.2) is 31.1 Å². The van der Waals surface area contributed by atoms with Gasteiger partial charge in [0, 0.05) is 25.7 Å². The second-order valence-corrected chi connectivity index (χ2v) is 4.47. The Hall–Kier alpha value is -0.860. The van der Waals surface area contributed by atoms with E-state index in [1.807, 2.05) is 0 Å². The fraction of sp³-hybridized carbons (Fsp3) is 0.571. The summed E-state index contributed by atoms with van der Waals surface area (Å²) in [5, 5.41) is 3.47. The third-order valence-corrected chi connectivity index (χ3v) is 3.39. The lowest BCUT2D eigenvalue weighted by Gasteiger charge is -2.30. The van der Waals surface area contributed by atoms with Crippen LogP contribution in [0.4, 0.5) is 0 Å². The third-order valence-electron chi connectivity index (χ3n) is 3.39. The van der Waals surface area contributed by atoms with E-state index in [1.165, 1.54) is 38.0 Å². The SMILES string of the molecule is CCC(c1ccccc1)N1CCCNCC1. The van der Waals surface area contributed by atoms with Gasteiger partial charge in [-0.15, -0.1) is 0 Å². The van der Waals surface area contributed by atoms with Crippen LogP contribution in [0.25, 0.3) is 0 Å². The van der Waals surface area contributed by atoms with Crippen molar-refractivity contribution in [3.8, 4) is 0 Å². The first-order valence-corrected chi connectivity index (χ1v) is 6.41. The van der Waals surface area contributed by atoms with Crippen LogP contribution in [0.2, 0.25) is 0 Å². The average molecular weight is 218 g/mol. The van der Waals surface area contributed by atoms with Gasteiger partial charge in [0.15, 0.2) is 0 Å². The molecule has 1 N–H and O–H groups in total. The van der Waals surface area contributed by atoms with Gasteiger partial charge in [-0.2, -0.15) is 0 Å². The van der Waals surface area contributed by atoms with Crippen molar-refractivity contribution >= 4 is 0 Å². The van der Waals surface area contributed by atoms with Crippen molar-refractivity contribution in [2.45, 2.75) is 25.8 Å². The Morgan fingerprint density at radius 3 is 2.75 bits per heavy atom. The maximum Gasteiger partial charge on any atom is 0.0346 e. The van der Waals surface area contributed by atoms with E-state index in [0.29, 0.717) is 6.04 Å². The summed E-state index contributed by atoms with van der Waals surface area (Å²) in [4.78, 5) is 2.62. The summed E-state index contributed by atoms with van der Waals surface area (Å²) in [6, 6.07) is 11.5. The molecule has 1 heterocycles. The molecule has 1 fully saturated rings. The highest BCUT2D eigenvalue weighted by Crippen LogP contribution is 2.24. The molecule has 0 aromatic heterocycles. The van der Waals surface area contributed by atoms with E-state index in [1.54, 1.807) is 0 Å². The van der Waals surface area contributed by atoms with Crippen molar-refractivity contribution in [2.75, 3.05) is 26.2 Å². The van der Waals surface area contributed by atoms with E-state index < -0.39 is 0 Å². The van der Waals surface area contributed by atoms with Gasteiger partial charge in [0.05, 0.1) is 0 Å². The summed E-state index contributed by atoms with van der Waals surface area (Å²) in [5.41, 5.74) is 1.46. The lowest BCUT2D eigenvalue weighted by atomic mass is 10.0. The van der Waals surface area contributed by atoms with Crippen LogP contribution in [-0.2, 0) is 0 Å². The third kappa shape index (κ3) is 2.83. The van der Waals surface area contributed by atoms with E-state index in [-0.39, 0.29) is 0 Å². The largest absolute Gasteiger partial charge is 0.315 e. The summed E-state index contributed by atoms with van der Waals surface area (Å²) < 4.78 is 0. The van der Waals surface area contributed by atoms with Gasteiger partial charge in [-0.1, -0.05) is 37.3 Å². The lowest BCUT2D eigenvalue weighted by molar-refractivity contribution is 0.205. The molecule has 0 aliphatic carbocycles. The second-order valence-electron chi connectivity index (χ2n) is 4.47. The molecule has 1 unspecified atom stereocenters. The van der Waals surface area contributed by atoms with Crippen LogP contribution >= 0.6 is 0 Å². The molecule has 88 valence electrons. The molecule has 16 heavy (non-hydrogen) atoms. The van der Waals surface area contributed by atoms with Crippen LogP contribution in [0, 0.1) is 0 Å². The highest BCUT2D eigenvalue weighted by Gasteiger charge is 2.18. The van der Waals surface area contributed by atoms with Crippen molar-refractivity contribution in [3.05, 3.63) is 35.9 Å². The van der Waals surface area contributed by atoms with Crippen LogP contribution < -0.4 is 5.32 Å². The molecule has 0 radical (unpaired) electrons. The van der Waals surface area contributed by atoms with E-state index in [0.717, 1.165) is 6.54 Å². The van der Waals surface area contributed by atoms with Crippen LogP contribution in [0.5, 0.6) is 0 Å². The predicted molar refractivity (Wildman–Crippen MR) is 68.5 cm³/mol. The van der Waals surface area contributed by atoms with E-state index in [2.05, 4.69) is 47.5 Å². The van der Waals surface area contributed by atoms with Crippen LogP contribution in [0.15, 0.2) is 30.3 Å². The Bertz CT molecular complexity index is 289. The molecule has 1 atom stereocenters. The molecular formula is C14H22N2.